The van der Waals surface area contributed by atoms with E-state index >= 15 is 0 Å². The quantitative estimate of drug-likeness (QED) is 0.597. The van der Waals surface area contributed by atoms with Gasteiger partial charge in [0.2, 0.25) is 0 Å². The number of nitrogens with one attached hydrogen (secondary N) is 2. The van der Waals surface area contributed by atoms with Crippen LogP contribution in [0.5, 0.6) is 0 Å². The number of halogens is 2. The number of furan rings is 1. The van der Waals surface area contributed by atoms with E-state index < -0.39 is 0 Å². The molecule has 1 aromatic heterocycles. The van der Waals surface area contributed by atoms with Gasteiger partial charge >= 0.3 is 0 Å². The number of rotatable bonds is 5. The van der Waals surface area contributed by atoms with Crippen molar-refractivity contribution in [2.75, 3.05) is 11.9 Å². The molecule has 7 heteroatoms. The van der Waals surface area contributed by atoms with Gasteiger partial charge in [0.25, 0.3) is 5.91 Å². The van der Waals surface area contributed by atoms with Gasteiger partial charge in [0.15, 0.2) is 4.67 Å². The lowest BCUT2D eigenvalue weighted by molar-refractivity contribution is -0.119. The maximum Gasteiger partial charge on any atom is 0.259 e. The van der Waals surface area contributed by atoms with Crippen LogP contribution in [0.4, 0.5) is 5.69 Å². The Labute approximate surface area is 132 Å². The molecule has 5 nitrogen and oxygen atoms in total. The number of hydrogen-bond donors (Lipinski definition) is 2. The molecule has 0 saturated carbocycles. The van der Waals surface area contributed by atoms with Crippen molar-refractivity contribution in [1.82, 2.24) is 5.43 Å². The molecule has 0 aliphatic heterocycles. The zero-order chi connectivity index (χ0) is 14.4. The second-order valence-electron chi connectivity index (χ2n) is 3.80. The van der Waals surface area contributed by atoms with Gasteiger partial charge in [-0.1, -0.05) is 15.9 Å². The van der Waals surface area contributed by atoms with Gasteiger partial charge in [-0.3, -0.25) is 4.79 Å². The maximum absolute atomic E-state index is 11.5. The Hall–Kier alpha value is -1.60. The van der Waals surface area contributed by atoms with Crippen molar-refractivity contribution in [3.05, 3.63) is 51.3 Å². The highest BCUT2D eigenvalue weighted by atomic mass is 79.9. The van der Waals surface area contributed by atoms with Crippen molar-refractivity contribution in [1.29, 1.82) is 0 Å². The summed E-state index contributed by atoms with van der Waals surface area (Å²) in [5.74, 6) is 0.313. The Balaban J connectivity index is 1.75. The zero-order valence-electron chi connectivity index (χ0n) is 10.3. The summed E-state index contributed by atoms with van der Waals surface area (Å²) in [6.07, 6.45) is 1.43. The van der Waals surface area contributed by atoms with Gasteiger partial charge in [-0.15, -0.1) is 0 Å². The van der Waals surface area contributed by atoms with Crippen LogP contribution >= 0.6 is 31.9 Å². The van der Waals surface area contributed by atoms with E-state index in [9.17, 15) is 4.79 Å². The topological polar surface area (TPSA) is 66.6 Å². The van der Waals surface area contributed by atoms with E-state index in [2.05, 4.69) is 47.7 Å². The predicted molar refractivity (Wildman–Crippen MR) is 84.8 cm³/mol. The van der Waals surface area contributed by atoms with Crippen LogP contribution in [0.2, 0.25) is 0 Å². The molecule has 2 N–H and O–H groups in total. The van der Waals surface area contributed by atoms with Gasteiger partial charge < -0.3 is 9.73 Å². The van der Waals surface area contributed by atoms with Crippen LogP contribution in [-0.2, 0) is 4.79 Å². The Bertz CT molecular complexity index is 608. The van der Waals surface area contributed by atoms with Crippen LogP contribution in [0.3, 0.4) is 0 Å². The lowest BCUT2D eigenvalue weighted by Gasteiger charge is -2.04. The summed E-state index contributed by atoms with van der Waals surface area (Å²) in [5.41, 5.74) is 3.27. The Morgan fingerprint density at radius 3 is 2.60 bits per heavy atom. The zero-order valence-corrected chi connectivity index (χ0v) is 13.4. The van der Waals surface area contributed by atoms with Crippen LogP contribution in [0.1, 0.15) is 5.76 Å². The molecule has 0 radical (unpaired) electrons. The first-order valence-corrected chi connectivity index (χ1v) is 7.29. The average molecular weight is 401 g/mol. The highest BCUT2D eigenvalue weighted by molar-refractivity contribution is 9.10. The number of anilines is 1. The van der Waals surface area contributed by atoms with E-state index in [-0.39, 0.29) is 12.5 Å². The average Bonchev–Trinajstić information content (AvgIpc) is 2.84. The van der Waals surface area contributed by atoms with Gasteiger partial charge in [0.1, 0.15) is 5.76 Å². The monoisotopic (exact) mass is 399 g/mol. The minimum absolute atomic E-state index is 0.140. The summed E-state index contributed by atoms with van der Waals surface area (Å²) >= 11 is 6.52. The minimum atomic E-state index is -0.241. The van der Waals surface area contributed by atoms with E-state index in [0.717, 1.165) is 10.2 Å². The second-order valence-corrected chi connectivity index (χ2v) is 5.49. The summed E-state index contributed by atoms with van der Waals surface area (Å²) in [4.78, 5) is 11.5. The third-order valence-electron chi connectivity index (χ3n) is 2.27. The number of nitrogens with zero attached hydrogens (tertiary/aromatic N) is 1. The van der Waals surface area contributed by atoms with E-state index in [1.807, 2.05) is 24.3 Å². The molecule has 1 heterocycles. The lowest BCUT2D eigenvalue weighted by atomic mass is 10.3. The molecule has 1 aromatic carbocycles. The van der Waals surface area contributed by atoms with Crippen molar-refractivity contribution >= 4 is 49.7 Å². The van der Waals surface area contributed by atoms with Gasteiger partial charge in [-0.25, -0.2) is 5.43 Å². The molecular weight excluding hydrogens is 390 g/mol. The van der Waals surface area contributed by atoms with Gasteiger partial charge in [0, 0.05) is 10.2 Å². The van der Waals surface area contributed by atoms with Gasteiger partial charge in [-0.2, -0.15) is 5.10 Å². The van der Waals surface area contributed by atoms with Crippen LogP contribution in [0, 0.1) is 0 Å². The number of carbonyl (C=O) groups excluding carboxylic acids is 1. The highest BCUT2D eigenvalue weighted by Gasteiger charge is 2.00. The van der Waals surface area contributed by atoms with Crippen molar-refractivity contribution < 1.29 is 9.21 Å². The number of amides is 1. The molecular formula is C13H11Br2N3O2. The third-order valence-corrected chi connectivity index (χ3v) is 3.23. The van der Waals surface area contributed by atoms with Crippen LogP contribution in [0.25, 0.3) is 0 Å². The summed E-state index contributed by atoms with van der Waals surface area (Å²) in [6, 6.07) is 11.0. The second kappa shape index (κ2) is 7.25. The van der Waals surface area contributed by atoms with Crippen molar-refractivity contribution in [2.24, 2.45) is 5.10 Å². The normalized spacial score (nSPS) is 10.7. The molecule has 0 aliphatic carbocycles. The highest BCUT2D eigenvalue weighted by Crippen LogP contribution is 2.13. The molecule has 1 amide bonds. The van der Waals surface area contributed by atoms with Crippen molar-refractivity contribution in [3.8, 4) is 0 Å². The fourth-order valence-electron chi connectivity index (χ4n) is 1.36. The summed E-state index contributed by atoms with van der Waals surface area (Å²) in [5, 5.41) is 6.78. The summed E-state index contributed by atoms with van der Waals surface area (Å²) < 4.78 is 6.80. The molecule has 0 atom stereocenters. The molecule has 0 saturated heterocycles. The van der Waals surface area contributed by atoms with Crippen LogP contribution in [-0.4, -0.2) is 18.7 Å². The predicted octanol–water partition coefficient (Wildman–Crippen LogP) is 3.37. The largest absolute Gasteiger partial charge is 0.448 e. The smallest absolute Gasteiger partial charge is 0.259 e. The van der Waals surface area contributed by atoms with Crippen LogP contribution < -0.4 is 10.7 Å². The molecule has 20 heavy (non-hydrogen) atoms. The Morgan fingerprint density at radius 2 is 1.95 bits per heavy atom. The number of benzene rings is 1. The molecule has 2 rings (SSSR count). The fraction of sp³-hybridized carbons (Fsp3) is 0.0769. The Kier molecular flexibility index (Phi) is 5.37. The first kappa shape index (κ1) is 14.8. The van der Waals surface area contributed by atoms with E-state index in [1.54, 1.807) is 12.1 Å². The van der Waals surface area contributed by atoms with Crippen molar-refractivity contribution in [3.63, 3.8) is 0 Å². The summed E-state index contributed by atoms with van der Waals surface area (Å²) in [6.45, 7) is 0.140. The standard InChI is InChI=1S/C13H11Br2N3O2/c14-9-1-3-10(4-2-9)16-8-13(19)18-17-7-11-5-6-12(15)20-11/h1-7,16H,8H2,(H,18,19)/b17-7-. The fourth-order valence-corrected chi connectivity index (χ4v) is 1.94. The van der Waals surface area contributed by atoms with E-state index in [4.69, 9.17) is 4.42 Å². The summed E-state index contributed by atoms with van der Waals surface area (Å²) in [7, 11) is 0. The number of hydrogen-bond acceptors (Lipinski definition) is 4. The van der Waals surface area contributed by atoms with E-state index in [0.29, 0.717) is 10.4 Å². The molecule has 0 spiro atoms. The molecule has 2 aromatic rings. The van der Waals surface area contributed by atoms with E-state index in [1.165, 1.54) is 6.21 Å². The first-order valence-electron chi connectivity index (χ1n) is 5.70. The van der Waals surface area contributed by atoms with Crippen LogP contribution in [0.15, 0.2) is 55.1 Å². The molecule has 0 unspecified atom stereocenters. The number of carbonyl (C=O) groups is 1. The SMILES string of the molecule is O=C(CNc1ccc(Br)cc1)N/N=C\c1ccc(Br)o1. The Morgan fingerprint density at radius 1 is 1.20 bits per heavy atom. The number of hydrazone groups is 1. The molecule has 0 aliphatic rings. The maximum atomic E-state index is 11.5. The molecule has 104 valence electrons. The third kappa shape index (κ3) is 4.82. The molecule has 0 bridgehead atoms. The van der Waals surface area contributed by atoms with Crippen molar-refractivity contribution in [2.45, 2.75) is 0 Å². The first-order chi connectivity index (χ1) is 9.63. The molecule has 0 fully saturated rings. The lowest BCUT2D eigenvalue weighted by Crippen LogP contribution is -2.25. The minimum Gasteiger partial charge on any atom is -0.448 e. The van der Waals surface area contributed by atoms with Gasteiger partial charge in [-0.05, 0) is 52.3 Å². The van der Waals surface area contributed by atoms with Gasteiger partial charge in [0.05, 0.1) is 12.8 Å².